The lowest BCUT2D eigenvalue weighted by Gasteiger charge is -2.39. The van der Waals surface area contributed by atoms with E-state index in [0.717, 1.165) is 7.05 Å². The van der Waals surface area contributed by atoms with Gasteiger partial charge in [-0.3, -0.25) is 0 Å². The number of aromatic nitrogens is 3. The van der Waals surface area contributed by atoms with Crippen molar-refractivity contribution in [3.05, 3.63) is 12.7 Å². The first-order valence-electron chi connectivity index (χ1n) is 14.3. The summed E-state index contributed by atoms with van der Waals surface area (Å²) < 4.78 is 360. The van der Waals surface area contributed by atoms with E-state index in [2.05, 4.69) is 35.7 Å². The van der Waals surface area contributed by atoms with Crippen molar-refractivity contribution in [1.82, 2.24) is 15.0 Å². The topological polar surface area (TPSA) is 86.7 Å². The maximum atomic E-state index is 14.2. The minimum absolute atomic E-state index is 0.581. The Morgan fingerprint density at radius 1 is 0.508 bits per heavy atom. The Kier molecular flexibility index (Phi) is 14.6. The number of hydrogen-bond donors (Lipinski definition) is 0. The quantitative estimate of drug-likeness (QED) is 0.0687. The summed E-state index contributed by atoms with van der Waals surface area (Å²) >= 11 is 0. The Morgan fingerprint density at radius 2 is 0.814 bits per heavy atom. The summed E-state index contributed by atoms with van der Waals surface area (Å²) in [4.78, 5) is 21.0. The number of nitrogens with zero attached hydrogens (tertiary/aromatic N) is 4. The van der Waals surface area contributed by atoms with Crippen molar-refractivity contribution in [2.75, 3.05) is 38.3 Å². The van der Waals surface area contributed by atoms with Crippen molar-refractivity contribution in [3.63, 3.8) is 0 Å². The summed E-state index contributed by atoms with van der Waals surface area (Å²) in [6, 6.07) is -3.42. The van der Waals surface area contributed by atoms with Crippen LogP contribution in [0.4, 0.5) is 120 Å². The molecular formula is C25H18F26N4O4. The molecule has 0 atom stereocenters. The smallest absolute Gasteiger partial charge is 0.460 e. The molecule has 8 nitrogen and oxygen atoms in total. The molecule has 1 heterocycles. The molecule has 0 aliphatic carbocycles. The molecule has 0 fully saturated rings. The predicted octanol–water partition coefficient (Wildman–Crippen LogP) is 9.05. The summed E-state index contributed by atoms with van der Waals surface area (Å²) in [6.07, 6.45) is -21.0. The van der Waals surface area contributed by atoms with Crippen LogP contribution in [0.2, 0.25) is 0 Å². The van der Waals surface area contributed by atoms with Gasteiger partial charge in [-0.1, -0.05) is 6.58 Å². The fourth-order valence-corrected chi connectivity index (χ4v) is 3.53. The zero-order valence-electron chi connectivity index (χ0n) is 27.8. The highest BCUT2D eigenvalue weighted by atomic mass is 19.4. The van der Waals surface area contributed by atoms with E-state index in [4.69, 9.17) is 0 Å². The number of anilines is 1. The highest BCUT2D eigenvalue weighted by molar-refractivity contribution is 5.81. The third-order valence-electron chi connectivity index (χ3n) is 7.05. The molecule has 0 amide bonds. The molecular weight excluding hydrogens is 914 g/mol. The number of alkyl halides is 26. The van der Waals surface area contributed by atoms with Crippen molar-refractivity contribution in [2.24, 2.45) is 0 Å². The molecule has 0 spiro atoms. The van der Waals surface area contributed by atoms with E-state index in [1.807, 2.05) is 0 Å². The van der Waals surface area contributed by atoms with E-state index in [0.29, 0.717) is 11.0 Å². The van der Waals surface area contributed by atoms with E-state index in [1.54, 1.807) is 0 Å². The molecule has 0 saturated heterocycles. The summed E-state index contributed by atoms with van der Waals surface area (Å²) in [5.41, 5.74) is 0. The van der Waals surface area contributed by atoms with Gasteiger partial charge in [-0.05, 0) is 0 Å². The van der Waals surface area contributed by atoms with E-state index < -0.39 is 135 Å². The second kappa shape index (κ2) is 16.3. The molecule has 0 aromatic carbocycles. The Bertz CT molecular complexity index is 1530. The molecule has 0 aliphatic heterocycles. The van der Waals surface area contributed by atoms with E-state index in [1.165, 1.54) is 0 Å². The molecule has 0 saturated carbocycles. The SMILES string of the molecule is C=CC(=O)OCCN(C)c1nc(OCCC(F)(F)C(F)(F)C(F)(F)C(F)(F)C(F)(F)C(F)(F)F)nc(OCCC(F)(F)C(F)(F)C(F)(F)C(F)(F)C(F)(F)C(F)(F)F)n1. The second-order valence-electron chi connectivity index (χ2n) is 11.2. The van der Waals surface area contributed by atoms with Crippen LogP contribution in [-0.4, -0.2) is 126 Å². The third-order valence-corrected chi connectivity index (χ3v) is 7.05. The fourth-order valence-electron chi connectivity index (χ4n) is 3.53. The minimum Gasteiger partial charge on any atom is -0.463 e. The largest absolute Gasteiger partial charge is 0.463 e. The number of carbonyl (C=O) groups is 1. The zero-order valence-corrected chi connectivity index (χ0v) is 27.8. The van der Waals surface area contributed by atoms with Gasteiger partial charge in [-0.15, -0.1) is 4.98 Å². The summed E-state index contributed by atoms with van der Waals surface area (Å²) in [5.74, 6) is -80.5. The van der Waals surface area contributed by atoms with Crippen LogP contribution in [0.15, 0.2) is 12.7 Å². The van der Waals surface area contributed by atoms with Gasteiger partial charge in [-0.2, -0.15) is 124 Å². The van der Waals surface area contributed by atoms with Crippen LogP contribution < -0.4 is 14.4 Å². The number of halogens is 26. The van der Waals surface area contributed by atoms with Crippen LogP contribution in [0, 0.1) is 0 Å². The summed E-state index contributed by atoms with van der Waals surface area (Å²) in [6.45, 7) is -3.01. The first-order valence-corrected chi connectivity index (χ1v) is 14.3. The fraction of sp³-hybridized carbons (Fsp3) is 0.760. The van der Waals surface area contributed by atoms with Crippen LogP contribution >= 0.6 is 0 Å². The molecule has 344 valence electrons. The molecule has 1 aromatic heterocycles. The first kappa shape index (κ1) is 52.8. The average molecular weight is 932 g/mol. The van der Waals surface area contributed by atoms with Gasteiger partial charge < -0.3 is 19.1 Å². The van der Waals surface area contributed by atoms with Gasteiger partial charge in [0.2, 0.25) is 5.95 Å². The molecule has 0 aliphatic rings. The summed E-state index contributed by atoms with van der Waals surface area (Å²) in [7, 11) is 0.825. The maximum Gasteiger partial charge on any atom is 0.460 e. The van der Waals surface area contributed by atoms with Gasteiger partial charge in [0, 0.05) is 13.1 Å². The number of likely N-dealkylation sites (N-methyl/N-ethyl adjacent to an activating group) is 1. The highest BCUT2D eigenvalue weighted by Crippen LogP contribution is 2.62. The Hall–Kier alpha value is -4.20. The van der Waals surface area contributed by atoms with Gasteiger partial charge in [-0.25, -0.2) is 4.79 Å². The molecule has 0 radical (unpaired) electrons. The Balaban J connectivity index is 3.48. The monoisotopic (exact) mass is 932 g/mol. The molecule has 59 heavy (non-hydrogen) atoms. The van der Waals surface area contributed by atoms with Gasteiger partial charge in [0.25, 0.3) is 0 Å². The van der Waals surface area contributed by atoms with Gasteiger partial charge in [0.15, 0.2) is 0 Å². The maximum absolute atomic E-state index is 14.2. The van der Waals surface area contributed by atoms with E-state index >= 15 is 0 Å². The van der Waals surface area contributed by atoms with Crippen LogP contribution in [0.5, 0.6) is 12.0 Å². The van der Waals surface area contributed by atoms with Crippen LogP contribution in [0.1, 0.15) is 12.8 Å². The second-order valence-corrected chi connectivity index (χ2v) is 11.2. The first-order chi connectivity index (χ1) is 25.9. The molecule has 0 N–H and O–H groups in total. The molecule has 34 heteroatoms. The number of ether oxygens (including phenoxy) is 3. The van der Waals surface area contributed by atoms with Crippen molar-refractivity contribution in [3.8, 4) is 12.0 Å². The molecule has 1 aromatic rings. The van der Waals surface area contributed by atoms with Gasteiger partial charge in [0.1, 0.15) is 6.61 Å². The van der Waals surface area contributed by atoms with Crippen LogP contribution in [0.3, 0.4) is 0 Å². The minimum atomic E-state index is -8.28. The summed E-state index contributed by atoms with van der Waals surface area (Å²) in [5, 5.41) is 0. The standard InChI is InChI=1S/C25H18F26N4O4/c1-3-10(56)57-9-6-55(2)11-52-12(58-7-4-14(26,27)16(30,31)18(34,35)20(38,39)22(42,43)24(46,47)48)54-13(53-11)59-8-5-15(28,29)17(32,33)19(36,37)21(40,41)23(44,45)25(49,50)51/h3H,1,4-9H2,2H3. The average Bonchev–Trinajstić information content (AvgIpc) is 3.06. The normalized spacial score (nSPS) is 14.9. The van der Waals surface area contributed by atoms with Gasteiger partial charge >= 0.3 is 89.6 Å². The Morgan fingerprint density at radius 3 is 1.10 bits per heavy atom. The number of esters is 1. The van der Waals surface area contributed by atoms with Crippen molar-refractivity contribution in [2.45, 2.75) is 84.4 Å². The van der Waals surface area contributed by atoms with Crippen molar-refractivity contribution >= 4 is 11.9 Å². The van der Waals surface area contributed by atoms with E-state index in [9.17, 15) is 119 Å². The van der Waals surface area contributed by atoms with E-state index in [-0.39, 0.29) is 0 Å². The third kappa shape index (κ3) is 9.42. The lowest BCUT2D eigenvalue weighted by Crippen LogP contribution is -2.70. The number of carbonyl (C=O) groups excluding carboxylic acids is 1. The zero-order chi connectivity index (χ0) is 47.1. The van der Waals surface area contributed by atoms with Gasteiger partial charge in [0.05, 0.1) is 32.6 Å². The number of hydrogen-bond acceptors (Lipinski definition) is 8. The van der Waals surface area contributed by atoms with Crippen LogP contribution in [-0.2, 0) is 9.53 Å². The highest BCUT2D eigenvalue weighted by Gasteiger charge is 2.92. The lowest BCUT2D eigenvalue weighted by atomic mass is 9.93. The Labute approximate surface area is 308 Å². The van der Waals surface area contributed by atoms with Crippen LogP contribution in [0.25, 0.3) is 0 Å². The predicted molar refractivity (Wildman–Crippen MR) is 136 cm³/mol. The lowest BCUT2D eigenvalue weighted by molar-refractivity contribution is -0.440. The van der Waals surface area contributed by atoms with Crippen molar-refractivity contribution < 1.29 is 133 Å². The molecule has 0 bridgehead atoms. The molecule has 1 rings (SSSR count). The van der Waals surface area contributed by atoms with Crippen molar-refractivity contribution in [1.29, 1.82) is 0 Å². The number of rotatable bonds is 21. The molecule has 0 unspecified atom stereocenters.